The van der Waals surface area contributed by atoms with Crippen LogP contribution in [0.15, 0.2) is 36.7 Å². The number of nitriles is 1. The highest BCUT2D eigenvalue weighted by Gasteiger charge is 2.42. The molecule has 5 rings (SSSR count). The lowest BCUT2D eigenvalue weighted by Gasteiger charge is -2.39. The fourth-order valence-corrected chi connectivity index (χ4v) is 5.81. The van der Waals surface area contributed by atoms with Crippen molar-refractivity contribution in [1.29, 1.82) is 5.26 Å². The Labute approximate surface area is 231 Å². The van der Waals surface area contributed by atoms with Gasteiger partial charge in [0.1, 0.15) is 6.07 Å². The largest absolute Gasteiger partial charge is 0.416 e. The average Bonchev–Trinajstić information content (AvgIpc) is 3.65. The van der Waals surface area contributed by atoms with Crippen molar-refractivity contribution in [3.05, 3.63) is 58.5 Å². The van der Waals surface area contributed by atoms with Gasteiger partial charge in [0.25, 0.3) is 0 Å². The fourth-order valence-electron chi connectivity index (χ4n) is 4.54. The zero-order valence-electron chi connectivity index (χ0n) is 22.9. The summed E-state index contributed by atoms with van der Waals surface area (Å²) < 4.78 is 6.65. The van der Waals surface area contributed by atoms with Crippen LogP contribution >= 0.6 is 11.6 Å². The number of aromatic nitrogens is 3. The summed E-state index contributed by atoms with van der Waals surface area (Å²) in [4.78, 5) is 13.8. The first-order valence-corrected chi connectivity index (χ1v) is 16.4. The van der Waals surface area contributed by atoms with E-state index in [1.54, 1.807) is 12.4 Å². The third kappa shape index (κ3) is 5.15. The Morgan fingerprint density at radius 3 is 2.68 bits per heavy atom. The molecule has 2 N–H and O–H groups in total. The zero-order chi connectivity index (χ0) is 27.3. The monoisotopic (exact) mass is 546 g/mol. The van der Waals surface area contributed by atoms with E-state index in [4.69, 9.17) is 21.0 Å². The van der Waals surface area contributed by atoms with Gasteiger partial charge in [-0.1, -0.05) is 39.3 Å². The smallest absolute Gasteiger partial charge is 0.227 e. The standard InChI is InChI=1S/C29H35ClN6OSi/c1-28(2,3)38(5,6)37-17-29(4)16-34-25-20(14-31)11-19(12-22(25)29)23-9-10-32-27(35-23)36-24-13-21(30)15-33-26(24)18-7-8-18/h9-13,15,18,34H,7-8,16-17H2,1-6H3,(H,32,35,36)/t29-/m1/s1. The van der Waals surface area contributed by atoms with Crippen LogP contribution in [-0.4, -0.2) is 36.4 Å². The number of nitrogens with zero attached hydrogens (tertiary/aromatic N) is 4. The molecule has 1 aliphatic carbocycles. The summed E-state index contributed by atoms with van der Waals surface area (Å²) in [5, 5.41) is 17.5. The summed E-state index contributed by atoms with van der Waals surface area (Å²) in [6.45, 7) is 14.8. The Bertz CT molecular complexity index is 1430. The highest BCUT2D eigenvalue weighted by Crippen LogP contribution is 2.45. The van der Waals surface area contributed by atoms with Gasteiger partial charge in [-0.15, -0.1) is 0 Å². The molecule has 1 aliphatic heterocycles. The van der Waals surface area contributed by atoms with Gasteiger partial charge in [-0.05, 0) is 60.8 Å². The maximum absolute atomic E-state index is 9.99. The second-order valence-corrected chi connectivity index (χ2v) is 17.5. The van der Waals surface area contributed by atoms with Crippen molar-refractivity contribution >= 4 is 37.2 Å². The van der Waals surface area contributed by atoms with Crippen molar-refractivity contribution in [2.75, 3.05) is 23.8 Å². The highest BCUT2D eigenvalue weighted by atomic mass is 35.5. The lowest BCUT2D eigenvalue weighted by Crippen LogP contribution is -2.45. The zero-order valence-corrected chi connectivity index (χ0v) is 24.7. The molecule has 3 heterocycles. The SMILES string of the molecule is CC(C)(C)[Si](C)(C)OC[C@@]1(C)CNc2c(C#N)cc(-c3ccnc(Nc4cc(Cl)cnc4C4CC4)n3)cc21. The first kappa shape index (κ1) is 26.6. The van der Waals surface area contributed by atoms with Gasteiger partial charge in [0.2, 0.25) is 5.95 Å². The number of halogens is 1. The molecule has 2 aromatic heterocycles. The average molecular weight is 547 g/mol. The number of rotatable bonds is 7. The molecule has 1 fully saturated rings. The number of pyridine rings is 1. The van der Waals surface area contributed by atoms with Gasteiger partial charge >= 0.3 is 0 Å². The Morgan fingerprint density at radius 2 is 2.00 bits per heavy atom. The lowest BCUT2D eigenvalue weighted by molar-refractivity contribution is 0.220. The molecule has 1 saturated carbocycles. The van der Waals surface area contributed by atoms with E-state index >= 15 is 0 Å². The molecule has 1 aromatic carbocycles. The van der Waals surface area contributed by atoms with Gasteiger partial charge in [-0.2, -0.15) is 5.26 Å². The van der Waals surface area contributed by atoms with Crippen LogP contribution in [0, 0.1) is 11.3 Å². The summed E-state index contributed by atoms with van der Waals surface area (Å²) in [5.74, 6) is 0.918. The number of benzene rings is 1. The lowest BCUT2D eigenvalue weighted by atomic mass is 9.83. The molecule has 0 amide bonds. The minimum absolute atomic E-state index is 0.125. The highest BCUT2D eigenvalue weighted by molar-refractivity contribution is 6.74. The Kier molecular flexibility index (Phi) is 6.75. The van der Waals surface area contributed by atoms with Gasteiger partial charge in [-0.3, -0.25) is 4.98 Å². The normalized spacial score (nSPS) is 19.0. The van der Waals surface area contributed by atoms with Crippen molar-refractivity contribution in [1.82, 2.24) is 15.0 Å². The Balaban J connectivity index is 1.47. The number of anilines is 3. The molecular weight excluding hydrogens is 512 g/mol. The van der Waals surface area contributed by atoms with Crippen molar-refractivity contribution in [3.8, 4) is 17.3 Å². The molecule has 0 saturated heterocycles. The van der Waals surface area contributed by atoms with E-state index in [1.807, 2.05) is 18.2 Å². The van der Waals surface area contributed by atoms with E-state index in [9.17, 15) is 5.26 Å². The van der Waals surface area contributed by atoms with Crippen LogP contribution in [-0.2, 0) is 9.84 Å². The molecule has 0 bridgehead atoms. The van der Waals surface area contributed by atoms with Gasteiger partial charge < -0.3 is 15.1 Å². The predicted molar refractivity (Wildman–Crippen MR) is 156 cm³/mol. The third-order valence-corrected chi connectivity index (χ3v) is 12.9. The minimum atomic E-state index is -1.93. The van der Waals surface area contributed by atoms with Crippen LogP contribution in [0.3, 0.4) is 0 Å². The van der Waals surface area contributed by atoms with E-state index in [-0.39, 0.29) is 10.5 Å². The number of nitrogens with one attached hydrogen (secondary N) is 2. The van der Waals surface area contributed by atoms with Gasteiger partial charge in [0, 0.05) is 42.4 Å². The molecule has 198 valence electrons. The Hall–Kier alpha value is -2.99. The predicted octanol–water partition coefficient (Wildman–Crippen LogP) is 7.39. The molecule has 7 nitrogen and oxygen atoms in total. The molecule has 38 heavy (non-hydrogen) atoms. The van der Waals surface area contributed by atoms with E-state index in [0.717, 1.165) is 53.3 Å². The van der Waals surface area contributed by atoms with E-state index < -0.39 is 8.32 Å². The maximum atomic E-state index is 9.99. The molecular formula is C29H35ClN6OSi. The van der Waals surface area contributed by atoms with E-state index in [2.05, 4.69) is 73.5 Å². The first-order valence-electron chi connectivity index (χ1n) is 13.1. The van der Waals surface area contributed by atoms with E-state index in [0.29, 0.717) is 29.1 Å². The van der Waals surface area contributed by atoms with Crippen molar-refractivity contribution < 1.29 is 4.43 Å². The van der Waals surface area contributed by atoms with Crippen LogP contribution in [0.5, 0.6) is 0 Å². The Morgan fingerprint density at radius 1 is 1.24 bits per heavy atom. The first-order chi connectivity index (χ1) is 17.9. The summed E-state index contributed by atoms with van der Waals surface area (Å²) in [6, 6.07) is 10.2. The van der Waals surface area contributed by atoms with Crippen LogP contribution in [0.25, 0.3) is 11.3 Å². The summed E-state index contributed by atoms with van der Waals surface area (Å²) in [7, 11) is -1.93. The molecule has 0 spiro atoms. The topological polar surface area (TPSA) is 95.8 Å². The molecule has 0 unspecified atom stereocenters. The quantitative estimate of drug-likeness (QED) is 0.298. The van der Waals surface area contributed by atoms with Crippen LogP contribution in [0.2, 0.25) is 23.2 Å². The van der Waals surface area contributed by atoms with Crippen molar-refractivity contribution in [2.45, 2.75) is 70.0 Å². The second kappa shape index (κ2) is 9.64. The second-order valence-electron chi connectivity index (χ2n) is 12.3. The fraction of sp³-hybridized carbons (Fsp3) is 0.448. The van der Waals surface area contributed by atoms with Crippen molar-refractivity contribution in [3.63, 3.8) is 0 Å². The molecule has 2 aliphatic rings. The van der Waals surface area contributed by atoms with E-state index in [1.165, 1.54) is 0 Å². The summed E-state index contributed by atoms with van der Waals surface area (Å²) in [6.07, 6.45) is 5.67. The number of hydrogen-bond acceptors (Lipinski definition) is 7. The van der Waals surface area contributed by atoms with Crippen LogP contribution in [0.4, 0.5) is 17.3 Å². The molecule has 9 heteroatoms. The number of fused-ring (bicyclic) bond motifs is 1. The molecule has 3 aromatic rings. The maximum Gasteiger partial charge on any atom is 0.227 e. The molecule has 0 radical (unpaired) electrons. The minimum Gasteiger partial charge on any atom is -0.416 e. The van der Waals surface area contributed by atoms with Gasteiger partial charge in [0.05, 0.1) is 33.3 Å². The van der Waals surface area contributed by atoms with Crippen molar-refractivity contribution in [2.24, 2.45) is 0 Å². The molecule has 1 atom stereocenters. The summed E-state index contributed by atoms with van der Waals surface area (Å²) >= 11 is 6.24. The van der Waals surface area contributed by atoms with Gasteiger partial charge in [0.15, 0.2) is 8.32 Å². The van der Waals surface area contributed by atoms with Gasteiger partial charge in [-0.25, -0.2) is 9.97 Å². The third-order valence-electron chi connectivity index (χ3n) is 8.17. The number of hydrogen-bond donors (Lipinski definition) is 2. The summed E-state index contributed by atoms with van der Waals surface area (Å²) in [5.41, 5.74) is 5.78. The van der Waals surface area contributed by atoms with Crippen LogP contribution in [0.1, 0.15) is 63.3 Å². The van der Waals surface area contributed by atoms with Crippen LogP contribution < -0.4 is 10.6 Å².